The molecule has 2 aromatic heterocycles. The number of rotatable bonds is 1. The quantitative estimate of drug-likeness (QED) is 0.667. The molecule has 0 amide bonds. The van der Waals surface area contributed by atoms with E-state index in [1.54, 1.807) is 6.33 Å². The summed E-state index contributed by atoms with van der Waals surface area (Å²) in [6, 6.07) is 9.93. The van der Waals surface area contributed by atoms with Gasteiger partial charge in [-0.05, 0) is 36.8 Å². The third kappa shape index (κ3) is 1.63. The van der Waals surface area contributed by atoms with Crippen molar-refractivity contribution in [3.8, 4) is 11.1 Å². The zero-order valence-electron chi connectivity index (χ0n) is 9.44. The van der Waals surface area contributed by atoms with Gasteiger partial charge in [-0.15, -0.1) is 0 Å². The molecule has 0 aliphatic heterocycles. The minimum Gasteiger partial charge on any atom is -0.384 e. The van der Waals surface area contributed by atoms with Crippen LogP contribution in [0.4, 0.5) is 5.82 Å². The van der Waals surface area contributed by atoms with Crippen LogP contribution in [0, 0.1) is 6.92 Å². The van der Waals surface area contributed by atoms with Crippen molar-refractivity contribution in [2.75, 3.05) is 5.73 Å². The molecule has 0 spiro atoms. The van der Waals surface area contributed by atoms with Crippen LogP contribution in [0.25, 0.3) is 22.2 Å². The molecule has 17 heavy (non-hydrogen) atoms. The van der Waals surface area contributed by atoms with E-state index >= 15 is 0 Å². The molecule has 2 heterocycles. The van der Waals surface area contributed by atoms with Crippen molar-refractivity contribution in [1.29, 1.82) is 0 Å². The van der Waals surface area contributed by atoms with Gasteiger partial charge in [0.25, 0.3) is 0 Å². The van der Waals surface area contributed by atoms with Crippen LogP contribution < -0.4 is 5.73 Å². The van der Waals surface area contributed by atoms with Gasteiger partial charge in [0.05, 0.1) is 17.4 Å². The number of nitrogens with zero attached hydrogens (tertiary/aromatic N) is 2. The number of benzene rings is 1. The fourth-order valence-electron chi connectivity index (χ4n) is 1.99. The number of nitrogens with one attached hydrogen (secondary N) is 1. The van der Waals surface area contributed by atoms with E-state index in [0.29, 0.717) is 5.82 Å². The first kappa shape index (κ1) is 9.84. The molecule has 84 valence electrons. The number of hydrogen-bond acceptors (Lipinski definition) is 3. The lowest BCUT2D eigenvalue weighted by molar-refractivity contribution is 1.21. The van der Waals surface area contributed by atoms with Gasteiger partial charge >= 0.3 is 0 Å². The average molecular weight is 224 g/mol. The highest BCUT2D eigenvalue weighted by Crippen LogP contribution is 2.25. The summed E-state index contributed by atoms with van der Waals surface area (Å²) >= 11 is 0. The second kappa shape index (κ2) is 3.59. The molecule has 0 bridgehead atoms. The van der Waals surface area contributed by atoms with Gasteiger partial charge in [-0.2, -0.15) is 0 Å². The van der Waals surface area contributed by atoms with Crippen molar-refractivity contribution >= 4 is 16.9 Å². The molecule has 4 heteroatoms. The van der Waals surface area contributed by atoms with Crippen molar-refractivity contribution in [1.82, 2.24) is 15.0 Å². The van der Waals surface area contributed by atoms with Crippen LogP contribution >= 0.6 is 0 Å². The molecule has 0 fully saturated rings. The number of aryl methyl sites for hydroxylation is 1. The van der Waals surface area contributed by atoms with E-state index in [2.05, 4.69) is 21.0 Å². The number of aromatic amines is 1. The third-order valence-corrected chi connectivity index (χ3v) is 2.84. The highest BCUT2D eigenvalue weighted by molar-refractivity contribution is 5.82. The predicted molar refractivity (Wildman–Crippen MR) is 68.5 cm³/mol. The average Bonchev–Trinajstić information content (AvgIpc) is 2.75. The summed E-state index contributed by atoms with van der Waals surface area (Å²) in [6.07, 6.45) is 1.70. The molecule has 0 aliphatic carbocycles. The van der Waals surface area contributed by atoms with Crippen LogP contribution in [-0.4, -0.2) is 15.0 Å². The first-order valence-corrected chi connectivity index (χ1v) is 5.41. The summed E-state index contributed by atoms with van der Waals surface area (Å²) in [4.78, 5) is 11.6. The molecule has 0 saturated heterocycles. The van der Waals surface area contributed by atoms with E-state index in [0.717, 1.165) is 27.9 Å². The topological polar surface area (TPSA) is 67.6 Å². The summed E-state index contributed by atoms with van der Waals surface area (Å²) < 4.78 is 0. The number of anilines is 1. The van der Waals surface area contributed by atoms with Crippen LogP contribution in [0.3, 0.4) is 0 Å². The third-order valence-electron chi connectivity index (χ3n) is 2.84. The van der Waals surface area contributed by atoms with Gasteiger partial charge in [0.15, 0.2) is 0 Å². The fourth-order valence-corrected chi connectivity index (χ4v) is 1.99. The normalized spacial score (nSPS) is 10.9. The summed E-state index contributed by atoms with van der Waals surface area (Å²) in [5, 5.41) is 0. The van der Waals surface area contributed by atoms with Crippen molar-refractivity contribution in [2.45, 2.75) is 6.92 Å². The van der Waals surface area contributed by atoms with Crippen LogP contribution in [-0.2, 0) is 0 Å². The van der Waals surface area contributed by atoms with Crippen molar-refractivity contribution in [3.63, 3.8) is 0 Å². The van der Waals surface area contributed by atoms with E-state index in [9.17, 15) is 0 Å². The van der Waals surface area contributed by atoms with E-state index in [4.69, 9.17) is 5.73 Å². The minimum absolute atomic E-state index is 0.550. The molecule has 0 atom stereocenters. The lowest BCUT2D eigenvalue weighted by atomic mass is 10.0. The van der Waals surface area contributed by atoms with Gasteiger partial charge < -0.3 is 10.7 Å². The smallest absolute Gasteiger partial charge is 0.123 e. The second-order valence-corrected chi connectivity index (χ2v) is 4.00. The van der Waals surface area contributed by atoms with Gasteiger partial charge in [0.1, 0.15) is 5.82 Å². The molecule has 0 unspecified atom stereocenters. The Hall–Kier alpha value is -2.36. The van der Waals surface area contributed by atoms with Gasteiger partial charge in [-0.25, -0.2) is 9.97 Å². The number of pyridine rings is 1. The molecule has 0 aliphatic rings. The van der Waals surface area contributed by atoms with E-state index in [1.807, 2.05) is 31.2 Å². The summed E-state index contributed by atoms with van der Waals surface area (Å²) in [7, 11) is 0. The zero-order chi connectivity index (χ0) is 11.8. The fraction of sp³-hybridized carbons (Fsp3) is 0.0769. The summed E-state index contributed by atoms with van der Waals surface area (Å²) in [5.74, 6) is 0.550. The molecule has 0 radical (unpaired) electrons. The molecular formula is C13H12N4. The molecule has 3 rings (SSSR count). The van der Waals surface area contributed by atoms with Gasteiger partial charge in [-0.3, -0.25) is 0 Å². The number of imidazole rings is 1. The molecule has 3 aromatic rings. The van der Waals surface area contributed by atoms with Crippen LogP contribution in [0.5, 0.6) is 0 Å². The number of fused-ring (bicyclic) bond motifs is 1. The molecular weight excluding hydrogens is 212 g/mol. The largest absolute Gasteiger partial charge is 0.384 e. The number of H-pyrrole nitrogens is 1. The molecule has 1 aromatic carbocycles. The Morgan fingerprint density at radius 1 is 1.18 bits per heavy atom. The highest BCUT2D eigenvalue weighted by Gasteiger charge is 2.05. The summed E-state index contributed by atoms with van der Waals surface area (Å²) in [6.45, 7) is 1.96. The van der Waals surface area contributed by atoms with Crippen LogP contribution in [0.2, 0.25) is 0 Å². The maximum atomic E-state index is 5.65. The SMILES string of the molecule is Cc1nc(N)ccc1-c1ccc2nc[nH]c2c1. The standard InChI is InChI=1S/C13H12N4/c1-8-10(3-5-13(14)17-8)9-2-4-11-12(6-9)16-7-15-11/h2-7H,1H3,(H2,14,17)(H,15,16). The Balaban J connectivity index is 2.19. The predicted octanol–water partition coefficient (Wildman–Crippen LogP) is 2.52. The maximum absolute atomic E-state index is 5.65. The Morgan fingerprint density at radius 2 is 2.06 bits per heavy atom. The van der Waals surface area contributed by atoms with Crippen molar-refractivity contribution in [3.05, 3.63) is 42.4 Å². The van der Waals surface area contributed by atoms with Gasteiger partial charge in [0.2, 0.25) is 0 Å². The molecule has 0 saturated carbocycles. The lowest BCUT2D eigenvalue weighted by Crippen LogP contribution is -1.94. The van der Waals surface area contributed by atoms with E-state index < -0.39 is 0 Å². The van der Waals surface area contributed by atoms with Crippen molar-refractivity contribution in [2.24, 2.45) is 0 Å². The molecule has 3 N–H and O–H groups in total. The van der Waals surface area contributed by atoms with E-state index in [1.165, 1.54) is 0 Å². The zero-order valence-corrected chi connectivity index (χ0v) is 9.44. The first-order chi connectivity index (χ1) is 8.24. The number of aromatic nitrogens is 3. The minimum atomic E-state index is 0.550. The Bertz CT molecular complexity index is 685. The number of hydrogen-bond donors (Lipinski definition) is 2. The Labute approximate surface area is 98.5 Å². The number of nitrogen functional groups attached to an aromatic ring is 1. The number of nitrogens with two attached hydrogens (primary N) is 1. The maximum Gasteiger partial charge on any atom is 0.123 e. The van der Waals surface area contributed by atoms with Gasteiger partial charge in [-0.1, -0.05) is 6.07 Å². The lowest BCUT2D eigenvalue weighted by Gasteiger charge is -2.06. The van der Waals surface area contributed by atoms with Crippen LogP contribution in [0.1, 0.15) is 5.69 Å². The van der Waals surface area contributed by atoms with Crippen molar-refractivity contribution < 1.29 is 0 Å². The van der Waals surface area contributed by atoms with E-state index in [-0.39, 0.29) is 0 Å². The highest BCUT2D eigenvalue weighted by atomic mass is 14.9. The first-order valence-electron chi connectivity index (χ1n) is 5.41. The van der Waals surface area contributed by atoms with Gasteiger partial charge in [0, 0.05) is 11.3 Å². The molecule has 4 nitrogen and oxygen atoms in total. The Kier molecular flexibility index (Phi) is 2.08. The van der Waals surface area contributed by atoms with Crippen LogP contribution in [0.15, 0.2) is 36.7 Å². The summed E-state index contributed by atoms with van der Waals surface area (Å²) in [5.41, 5.74) is 10.8. The monoisotopic (exact) mass is 224 g/mol. The second-order valence-electron chi connectivity index (χ2n) is 4.00. The Morgan fingerprint density at radius 3 is 2.88 bits per heavy atom.